The van der Waals surface area contributed by atoms with Crippen LogP contribution in [0.1, 0.15) is 26.3 Å². The Bertz CT molecular complexity index is 1140. The van der Waals surface area contributed by atoms with Crippen LogP contribution < -0.4 is 10.2 Å². The first-order valence-electron chi connectivity index (χ1n) is 9.78. The summed E-state index contributed by atoms with van der Waals surface area (Å²) in [7, 11) is 1.84. The monoisotopic (exact) mass is 474 g/mol. The molecule has 0 aliphatic rings. The van der Waals surface area contributed by atoms with Crippen molar-refractivity contribution >= 4 is 29.2 Å². The van der Waals surface area contributed by atoms with Crippen LogP contribution in [-0.4, -0.2) is 41.3 Å². The average molecular weight is 474 g/mol. The van der Waals surface area contributed by atoms with Crippen LogP contribution in [0.4, 0.5) is 24.5 Å². The molecule has 0 saturated carbocycles. The number of carbonyl (C=O) groups is 3. The average Bonchev–Trinajstić information content (AvgIpc) is 2.80. The highest BCUT2D eigenvalue weighted by molar-refractivity contribution is 6.05. The van der Waals surface area contributed by atoms with Crippen LogP contribution >= 0.6 is 0 Å². The van der Waals surface area contributed by atoms with Gasteiger partial charge in [0.05, 0.1) is 11.3 Å². The summed E-state index contributed by atoms with van der Waals surface area (Å²) in [6, 6.07) is 23.5. The van der Waals surface area contributed by atoms with Gasteiger partial charge in [-0.2, -0.15) is 13.2 Å². The predicted molar refractivity (Wildman–Crippen MR) is 120 cm³/mol. The second-order valence-electron chi connectivity index (χ2n) is 7.00. The van der Waals surface area contributed by atoms with Crippen molar-refractivity contribution in [2.75, 3.05) is 17.3 Å². The second kappa shape index (κ2) is 11.5. The zero-order valence-corrected chi connectivity index (χ0v) is 17.9. The first-order chi connectivity index (χ1) is 16.0. The standard InChI is InChI=1S/C22H20N2O3.C2HF3O2/c1-24(15-16-8-4-2-5-9-16)20-13-12-18(14-19(20)22(26)27)23-21(25)17-10-6-3-7-11-17;3-2(4,5)1(6)7/h2-14H,15H2,1H3,(H,23,25)(H,26,27);(H,6,7). The second-order valence-corrected chi connectivity index (χ2v) is 7.00. The normalized spacial score (nSPS) is 10.5. The summed E-state index contributed by atoms with van der Waals surface area (Å²) >= 11 is 0. The van der Waals surface area contributed by atoms with Crippen LogP contribution in [0.15, 0.2) is 78.9 Å². The Hall–Kier alpha value is -4.34. The molecule has 0 aliphatic carbocycles. The molecule has 34 heavy (non-hydrogen) atoms. The smallest absolute Gasteiger partial charge is 0.478 e. The molecule has 3 N–H and O–H groups in total. The fourth-order valence-corrected chi connectivity index (χ4v) is 2.85. The maximum absolute atomic E-state index is 12.3. The minimum atomic E-state index is -5.08. The van der Waals surface area contributed by atoms with Crippen LogP contribution in [0.25, 0.3) is 0 Å². The van der Waals surface area contributed by atoms with Gasteiger partial charge in [-0.3, -0.25) is 4.79 Å². The number of aromatic carboxylic acids is 1. The van der Waals surface area contributed by atoms with Gasteiger partial charge < -0.3 is 20.4 Å². The summed E-state index contributed by atoms with van der Waals surface area (Å²) in [6.45, 7) is 0.580. The maximum atomic E-state index is 12.3. The van der Waals surface area contributed by atoms with E-state index in [2.05, 4.69) is 5.32 Å². The number of nitrogens with zero attached hydrogens (tertiary/aromatic N) is 1. The zero-order chi connectivity index (χ0) is 25.3. The number of hydrogen-bond donors (Lipinski definition) is 3. The van der Waals surface area contributed by atoms with Crippen LogP contribution in [-0.2, 0) is 11.3 Å². The van der Waals surface area contributed by atoms with E-state index >= 15 is 0 Å². The van der Waals surface area contributed by atoms with Crippen LogP contribution in [0, 0.1) is 0 Å². The topological polar surface area (TPSA) is 107 Å². The molecule has 178 valence electrons. The van der Waals surface area contributed by atoms with E-state index in [9.17, 15) is 27.9 Å². The van der Waals surface area contributed by atoms with Crippen molar-refractivity contribution in [2.24, 2.45) is 0 Å². The highest BCUT2D eigenvalue weighted by atomic mass is 19.4. The summed E-state index contributed by atoms with van der Waals surface area (Å²) in [5.74, 6) is -4.08. The molecule has 0 fully saturated rings. The molecule has 0 spiro atoms. The fraction of sp³-hybridized carbons (Fsp3) is 0.125. The van der Waals surface area contributed by atoms with Gasteiger partial charge in [-0.1, -0.05) is 48.5 Å². The lowest BCUT2D eigenvalue weighted by atomic mass is 10.1. The van der Waals surface area contributed by atoms with E-state index in [1.165, 1.54) is 6.07 Å². The summed E-state index contributed by atoms with van der Waals surface area (Å²) in [4.78, 5) is 34.8. The maximum Gasteiger partial charge on any atom is 0.490 e. The lowest BCUT2D eigenvalue weighted by molar-refractivity contribution is -0.192. The predicted octanol–water partition coefficient (Wildman–Crippen LogP) is 4.91. The Morgan fingerprint density at radius 1 is 0.882 bits per heavy atom. The van der Waals surface area contributed by atoms with Gasteiger partial charge in [0.15, 0.2) is 0 Å². The zero-order valence-electron chi connectivity index (χ0n) is 17.9. The van der Waals surface area contributed by atoms with Crippen molar-refractivity contribution < 1.29 is 37.8 Å². The van der Waals surface area contributed by atoms with E-state index in [-0.39, 0.29) is 11.5 Å². The number of carboxylic acid groups (broad SMARTS) is 2. The van der Waals surface area contributed by atoms with Gasteiger partial charge in [0.1, 0.15) is 0 Å². The molecule has 0 saturated heterocycles. The van der Waals surface area contributed by atoms with E-state index in [0.717, 1.165) is 5.56 Å². The van der Waals surface area contributed by atoms with Gasteiger partial charge >= 0.3 is 18.1 Å². The number of rotatable bonds is 6. The molecule has 0 aliphatic heterocycles. The van der Waals surface area contributed by atoms with E-state index in [0.29, 0.717) is 23.5 Å². The first kappa shape index (κ1) is 25.9. The lowest BCUT2D eigenvalue weighted by Crippen LogP contribution is -2.21. The molecule has 10 heteroatoms. The Kier molecular flexibility index (Phi) is 8.77. The molecule has 0 heterocycles. The van der Waals surface area contributed by atoms with Gasteiger partial charge in [-0.25, -0.2) is 9.59 Å². The van der Waals surface area contributed by atoms with Crippen molar-refractivity contribution in [1.82, 2.24) is 0 Å². The molecule has 3 aromatic rings. The molecule has 3 rings (SSSR count). The van der Waals surface area contributed by atoms with Crippen LogP contribution in [0.2, 0.25) is 0 Å². The Balaban J connectivity index is 0.000000509. The number of anilines is 2. The molecular weight excluding hydrogens is 453 g/mol. The molecule has 0 unspecified atom stereocenters. The number of amides is 1. The third-order valence-electron chi connectivity index (χ3n) is 4.44. The van der Waals surface area contributed by atoms with Crippen molar-refractivity contribution in [2.45, 2.75) is 12.7 Å². The number of benzene rings is 3. The quantitative estimate of drug-likeness (QED) is 0.469. The van der Waals surface area contributed by atoms with Gasteiger partial charge in [0.2, 0.25) is 0 Å². The Labute approximate surface area is 193 Å². The third kappa shape index (κ3) is 7.66. The molecule has 0 aromatic heterocycles. The Morgan fingerprint density at radius 2 is 1.41 bits per heavy atom. The number of carbonyl (C=O) groups excluding carboxylic acids is 1. The molecular formula is C24H21F3N2O5. The highest BCUT2D eigenvalue weighted by Crippen LogP contribution is 2.25. The van der Waals surface area contributed by atoms with Crippen LogP contribution in [0.5, 0.6) is 0 Å². The number of hydrogen-bond acceptors (Lipinski definition) is 4. The van der Waals surface area contributed by atoms with Gasteiger partial charge in [-0.15, -0.1) is 0 Å². The number of alkyl halides is 3. The fourth-order valence-electron chi connectivity index (χ4n) is 2.85. The third-order valence-corrected chi connectivity index (χ3v) is 4.44. The van der Waals surface area contributed by atoms with Gasteiger partial charge in [0, 0.05) is 24.8 Å². The number of nitrogens with one attached hydrogen (secondary N) is 1. The van der Waals surface area contributed by atoms with Crippen molar-refractivity contribution in [3.8, 4) is 0 Å². The Morgan fingerprint density at radius 3 is 1.91 bits per heavy atom. The number of aliphatic carboxylic acids is 1. The summed E-state index contributed by atoms with van der Waals surface area (Å²) in [6.07, 6.45) is -5.08. The number of halogens is 3. The molecule has 0 bridgehead atoms. The van der Waals surface area contributed by atoms with Gasteiger partial charge in [-0.05, 0) is 35.9 Å². The van der Waals surface area contributed by atoms with Crippen LogP contribution in [0.3, 0.4) is 0 Å². The SMILES string of the molecule is CN(Cc1ccccc1)c1ccc(NC(=O)c2ccccc2)cc1C(=O)O.O=C(O)C(F)(F)F. The van der Waals surface area contributed by atoms with Crippen molar-refractivity contribution in [3.63, 3.8) is 0 Å². The van der Waals surface area contributed by atoms with E-state index < -0.39 is 18.1 Å². The van der Waals surface area contributed by atoms with Crippen molar-refractivity contribution in [3.05, 3.63) is 95.6 Å². The first-order valence-corrected chi connectivity index (χ1v) is 9.78. The molecule has 7 nitrogen and oxygen atoms in total. The van der Waals surface area contributed by atoms with E-state index in [1.54, 1.807) is 36.4 Å². The number of carboxylic acids is 2. The molecule has 0 radical (unpaired) electrons. The van der Waals surface area contributed by atoms with Crippen molar-refractivity contribution in [1.29, 1.82) is 0 Å². The van der Waals surface area contributed by atoms with E-state index in [1.807, 2.05) is 48.3 Å². The molecule has 0 atom stereocenters. The largest absolute Gasteiger partial charge is 0.490 e. The van der Waals surface area contributed by atoms with Gasteiger partial charge in [0.25, 0.3) is 5.91 Å². The van der Waals surface area contributed by atoms with E-state index in [4.69, 9.17) is 9.90 Å². The summed E-state index contributed by atoms with van der Waals surface area (Å²) in [5.41, 5.74) is 2.76. The summed E-state index contributed by atoms with van der Waals surface area (Å²) in [5, 5.41) is 19.5. The molecule has 1 amide bonds. The minimum absolute atomic E-state index is 0.138. The minimum Gasteiger partial charge on any atom is -0.478 e. The highest BCUT2D eigenvalue weighted by Gasteiger charge is 2.38. The summed E-state index contributed by atoms with van der Waals surface area (Å²) < 4.78 is 31.7. The lowest BCUT2D eigenvalue weighted by Gasteiger charge is -2.22. The molecule has 3 aromatic carbocycles.